The molecule has 0 saturated carbocycles. The Hall–Kier alpha value is -2.50. The van der Waals surface area contributed by atoms with E-state index < -0.39 is 0 Å². The quantitative estimate of drug-likeness (QED) is 0.751. The van der Waals surface area contributed by atoms with E-state index in [9.17, 15) is 4.79 Å². The lowest BCUT2D eigenvalue weighted by molar-refractivity contribution is 0.102. The molecule has 2 heterocycles. The summed E-state index contributed by atoms with van der Waals surface area (Å²) in [7, 11) is 2.95. The molecule has 0 aliphatic heterocycles. The average Bonchev–Trinajstić information content (AvgIpc) is 2.46. The molecular formula is C12H11N3O3. The van der Waals surface area contributed by atoms with E-state index in [4.69, 9.17) is 9.47 Å². The summed E-state index contributed by atoms with van der Waals surface area (Å²) in [6.07, 6.45) is 2.79. The third-order valence-corrected chi connectivity index (χ3v) is 2.29. The second kappa shape index (κ2) is 5.22. The molecule has 2 aromatic rings. The maximum Gasteiger partial charge on any atom is 0.233 e. The summed E-state index contributed by atoms with van der Waals surface area (Å²) < 4.78 is 10.0. The molecule has 0 radical (unpaired) electrons. The highest BCUT2D eigenvalue weighted by atomic mass is 16.5. The zero-order valence-electron chi connectivity index (χ0n) is 9.95. The monoisotopic (exact) mass is 245 g/mol. The highest BCUT2D eigenvalue weighted by Crippen LogP contribution is 2.18. The fraction of sp³-hybridized carbons (Fsp3) is 0.167. The van der Waals surface area contributed by atoms with Crippen molar-refractivity contribution in [2.24, 2.45) is 0 Å². The number of ketones is 1. The van der Waals surface area contributed by atoms with E-state index >= 15 is 0 Å². The van der Waals surface area contributed by atoms with E-state index in [-0.39, 0.29) is 17.2 Å². The van der Waals surface area contributed by atoms with Crippen LogP contribution in [0, 0.1) is 0 Å². The van der Waals surface area contributed by atoms with Crippen molar-refractivity contribution >= 4 is 5.78 Å². The Bertz CT molecular complexity index is 572. The molecule has 0 N–H and O–H groups in total. The van der Waals surface area contributed by atoms with Crippen molar-refractivity contribution in [3.8, 4) is 11.6 Å². The number of rotatable bonds is 4. The van der Waals surface area contributed by atoms with Crippen LogP contribution in [0.2, 0.25) is 0 Å². The first-order chi connectivity index (χ1) is 8.76. The van der Waals surface area contributed by atoms with Crippen molar-refractivity contribution in [3.63, 3.8) is 0 Å². The van der Waals surface area contributed by atoms with Crippen molar-refractivity contribution in [2.45, 2.75) is 0 Å². The first-order valence-corrected chi connectivity index (χ1v) is 5.16. The number of ether oxygens (including phenoxy) is 2. The number of methoxy groups -OCH3 is 2. The van der Waals surface area contributed by atoms with Gasteiger partial charge in [-0.2, -0.15) is 0 Å². The van der Waals surface area contributed by atoms with Crippen LogP contribution in [0.3, 0.4) is 0 Å². The highest BCUT2D eigenvalue weighted by molar-refractivity contribution is 6.08. The molecule has 0 fully saturated rings. The van der Waals surface area contributed by atoms with Crippen LogP contribution < -0.4 is 9.47 Å². The van der Waals surface area contributed by atoms with Crippen LogP contribution in [0.5, 0.6) is 11.6 Å². The SMILES string of the molecule is COc1cc(C(=O)c2ncccc2OC)ncn1. The minimum absolute atomic E-state index is 0.207. The van der Waals surface area contributed by atoms with Gasteiger partial charge < -0.3 is 9.47 Å². The summed E-state index contributed by atoms with van der Waals surface area (Å²) in [4.78, 5) is 24.0. The van der Waals surface area contributed by atoms with Gasteiger partial charge in [0.25, 0.3) is 0 Å². The molecule has 2 aromatic heterocycles. The van der Waals surface area contributed by atoms with Crippen molar-refractivity contribution in [1.29, 1.82) is 0 Å². The summed E-state index contributed by atoms with van der Waals surface area (Å²) in [5.41, 5.74) is 0.416. The van der Waals surface area contributed by atoms with E-state index in [1.165, 1.54) is 32.8 Å². The van der Waals surface area contributed by atoms with Crippen LogP contribution >= 0.6 is 0 Å². The van der Waals surface area contributed by atoms with Crippen molar-refractivity contribution in [3.05, 3.63) is 42.1 Å². The number of pyridine rings is 1. The summed E-state index contributed by atoms with van der Waals surface area (Å²) in [6.45, 7) is 0. The lowest BCUT2D eigenvalue weighted by Gasteiger charge is -2.05. The summed E-state index contributed by atoms with van der Waals surface area (Å²) in [5.74, 6) is 0.386. The number of aromatic nitrogens is 3. The molecule has 0 aromatic carbocycles. The molecular weight excluding hydrogens is 234 g/mol. The fourth-order valence-electron chi connectivity index (χ4n) is 1.42. The molecule has 6 nitrogen and oxygen atoms in total. The van der Waals surface area contributed by atoms with Gasteiger partial charge in [0.05, 0.1) is 14.2 Å². The van der Waals surface area contributed by atoms with Crippen molar-refractivity contribution in [1.82, 2.24) is 15.0 Å². The van der Waals surface area contributed by atoms with Crippen molar-refractivity contribution in [2.75, 3.05) is 14.2 Å². The predicted molar refractivity (Wildman–Crippen MR) is 62.8 cm³/mol. The molecule has 0 spiro atoms. The molecule has 0 unspecified atom stereocenters. The third-order valence-electron chi connectivity index (χ3n) is 2.29. The number of carbonyl (C=O) groups excluding carboxylic acids is 1. The van der Waals surface area contributed by atoms with E-state index in [1.807, 2.05) is 0 Å². The van der Waals surface area contributed by atoms with Crippen LogP contribution in [0.1, 0.15) is 16.2 Å². The lowest BCUT2D eigenvalue weighted by atomic mass is 10.2. The zero-order chi connectivity index (χ0) is 13.0. The Morgan fingerprint density at radius 3 is 2.72 bits per heavy atom. The Labute approximate surface area is 104 Å². The predicted octanol–water partition coefficient (Wildman–Crippen LogP) is 1.12. The smallest absolute Gasteiger partial charge is 0.233 e. The molecule has 0 aliphatic carbocycles. The largest absolute Gasteiger partial charge is 0.494 e. The summed E-state index contributed by atoms with van der Waals surface area (Å²) in [5, 5.41) is 0. The zero-order valence-corrected chi connectivity index (χ0v) is 9.95. The maximum absolute atomic E-state index is 12.2. The minimum Gasteiger partial charge on any atom is -0.494 e. The highest BCUT2D eigenvalue weighted by Gasteiger charge is 2.17. The van der Waals surface area contributed by atoms with Crippen LogP contribution in [-0.2, 0) is 0 Å². The molecule has 92 valence electrons. The van der Waals surface area contributed by atoms with Gasteiger partial charge in [-0.1, -0.05) is 0 Å². The normalized spacial score (nSPS) is 9.89. The van der Waals surface area contributed by atoms with Crippen molar-refractivity contribution < 1.29 is 14.3 Å². The average molecular weight is 245 g/mol. The first-order valence-electron chi connectivity index (χ1n) is 5.16. The molecule has 0 bridgehead atoms. The van der Waals surface area contributed by atoms with Gasteiger partial charge >= 0.3 is 0 Å². The Balaban J connectivity index is 2.41. The molecule has 0 saturated heterocycles. The van der Waals surface area contributed by atoms with Crippen LogP contribution in [-0.4, -0.2) is 35.0 Å². The topological polar surface area (TPSA) is 74.2 Å². The van der Waals surface area contributed by atoms with Crippen LogP contribution in [0.15, 0.2) is 30.7 Å². The van der Waals surface area contributed by atoms with Crippen LogP contribution in [0.25, 0.3) is 0 Å². The van der Waals surface area contributed by atoms with E-state index in [1.54, 1.807) is 12.1 Å². The minimum atomic E-state index is -0.340. The number of hydrogen-bond acceptors (Lipinski definition) is 6. The number of nitrogens with zero attached hydrogens (tertiary/aromatic N) is 3. The first kappa shape index (κ1) is 12.0. The second-order valence-electron chi connectivity index (χ2n) is 3.33. The molecule has 0 atom stereocenters. The van der Waals surface area contributed by atoms with Gasteiger partial charge in [-0.15, -0.1) is 0 Å². The van der Waals surface area contributed by atoms with Gasteiger partial charge in [0, 0.05) is 12.3 Å². The van der Waals surface area contributed by atoms with Gasteiger partial charge in [-0.25, -0.2) is 15.0 Å². The molecule has 0 amide bonds. The van der Waals surface area contributed by atoms with Gasteiger partial charge in [-0.05, 0) is 12.1 Å². The van der Waals surface area contributed by atoms with Gasteiger partial charge in [0.2, 0.25) is 11.7 Å². The lowest BCUT2D eigenvalue weighted by Crippen LogP contribution is -2.09. The summed E-state index contributed by atoms with van der Waals surface area (Å²) >= 11 is 0. The number of carbonyl (C=O) groups is 1. The second-order valence-corrected chi connectivity index (χ2v) is 3.33. The molecule has 6 heteroatoms. The van der Waals surface area contributed by atoms with E-state index in [0.29, 0.717) is 11.6 Å². The molecule has 18 heavy (non-hydrogen) atoms. The Kier molecular flexibility index (Phi) is 3.47. The Morgan fingerprint density at radius 2 is 2.00 bits per heavy atom. The maximum atomic E-state index is 12.2. The van der Waals surface area contributed by atoms with Crippen LogP contribution in [0.4, 0.5) is 0 Å². The molecule has 0 aliphatic rings. The van der Waals surface area contributed by atoms with Gasteiger partial charge in [-0.3, -0.25) is 4.79 Å². The Morgan fingerprint density at radius 1 is 1.17 bits per heavy atom. The molecule has 2 rings (SSSR count). The van der Waals surface area contributed by atoms with E-state index in [0.717, 1.165) is 0 Å². The fourth-order valence-corrected chi connectivity index (χ4v) is 1.42. The van der Waals surface area contributed by atoms with Gasteiger partial charge in [0.1, 0.15) is 17.8 Å². The third kappa shape index (κ3) is 2.27. The van der Waals surface area contributed by atoms with Gasteiger partial charge in [0.15, 0.2) is 5.69 Å². The standard InChI is InChI=1S/C12H11N3O3/c1-17-9-4-3-5-13-11(9)12(16)8-6-10(18-2)15-7-14-8/h3-7H,1-2H3. The van der Waals surface area contributed by atoms with E-state index in [2.05, 4.69) is 15.0 Å². The summed E-state index contributed by atoms with van der Waals surface area (Å²) in [6, 6.07) is 4.81. The number of hydrogen-bond donors (Lipinski definition) is 0.